The number of aromatic amines is 1. The Bertz CT molecular complexity index is 1160. The molecule has 0 spiro atoms. The van der Waals surface area contributed by atoms with Gasteiger partial charge in [0.05, 0.1) is 24.2 Å². The second-order valence-corrected chi connectivity index (χ2v) is 6.33. The number of nitrogens with one attached hydrogen (secondary N) is 2. The number of ether oxygens (including phenoxy) is 1. The highest BCUT2D eigenvalue weighted by molar-refractivity contribution is 6.02. The standard InChI is InChI=1S/C21H22N4O4/c1-4-16(23-24-17-8-6-5-7-13(17)2)18-19(26)22-21(28)25(20(18)27)14-9-11-15(29-3)12-10-14/h5-12,24,27H,4H2,1-3H3,(H,22,26,28)/b23-16+. The lowest BCUT2D eigenvalue weighted by atomic mass is 10.1. The summed E-state index contributed by atoms with van der Waals surface area (Å²) in [5, 5.41) is 15.1. The molecule has 1 heterocycles. The summed E-state index contributed by atoms with van der Waals surface area (Å²) in [6.07, 6.45) is 0.357. The van der Waals surface area contributed by atoms with Crippen molar-refractivity contribution in [3.63, 3.8) is 0 Å². The number of rotatable bonds is 6. The molecule has 150 valence electrons. The van der Waals surface area contributed by atoms with Gasteiger partial charge in [-0.25, -0.2) is 9.36 Å². The molecule has 0 aliphatic carbocycles. The second-order valence-electron chi connectivity index (χ2n) is 6.33. The Morgan fingerprint density at radius 2 is 1.86 bits per heavy atom. The number of aromatic hydroxyl groups is 1. The number of anilines is 1. The van der Waals surface area contributed by atoms with Crippen molar-refractivity contribution in [2.75, 3.05) is 12.5 Å². The first kappa shape index (κ1) is 19.9. The van der Waals surface area contributed by atoms with E-state index in [1.54, 1.807) is 31.2 Å². The number of hydrazone groups is 1. The molecule has 0 atom stereocenters. The Labute approximate surface area is 167 Å². The van der Waals surface area contributed by atoms with Crippen LogP contribution in [0.15, 0.2) is 63.2 Å². The zero-order valence-corrected chi connectivity index (χ0v) is 16.4. The molecule has 0 saturated carbocycles. The molecular formula is C21H22N4O4. The average molecular weight is 394 g/mol. The molecule has 3 aromatic rings. The summed E-state index contributed by atoms with van der Waals surface area (Å²) < 4.78 is 6.14. The molecule has 3 rings (SSSR count). The Morgan fingerprint density at radius 1 is 1.17 bits per heavy atom. The molecule has 0 fully saturated rings. The molecule has 0 aliphatic rings. The molecule has 8 nitrogen and oxygen atoms in total. The van der Waals surface area contributed by atoms with Gasteiger partial charge in [-0.1, -0.05) is 25.1 Å². The number of aromatic nitrogens is 2. The first-order valence-electron chi connectivity index (χ1n) is 9.07. The summed E-state index contributed by atoms with van der Waals surface area (Å²) in [6.45, 7) is 3.73. The van der Waals surface area contributed by atoms with Crippen molar-refractivity contribution in [3.8, 4) is 17.3 Å². The van der Waals surface area contributed by atoms with Crippen molar-refractivity contribution in [1.82, 2.24) is 9.55 Å². The number of hydrogen-bond acceptors (Lipinski definition) is 6. The number of methoxy groups -OCH3 is 1. The highest BCUT2D eigenvalue weighted by Gasteiger charge is 2.19. The van der Waals surface area contributed by atoms with E-state index in [2.05, 4.69) is 15.5 Å². The number of nitrogens with zero attached hydrogens (tertiary/aromatic N) is 2. The van der Waals surface area contributed by atoms with Gasteiger partial charge in [0.25, 0.3) is 5.56 Å². The minimum absolute atomic E-state index is 0.0657. The Kier molecular flexibility index (Phi) is 5.82. The van der Waals surface area contributed by atoms with E-state index in [-0.39, 0.29) is 5.56 Å². The van der Waals surface area contributed by atoms with Crippen LogP contribution in [0, 0.1) is 6.92 Å². The molecule has 0 saturated heterocycles. The first-order chi connectivity index (χ1) is 14.0. The maximum atomic E-state index is 12.5. The largest absolute Gasteiger partial charge is 0.497 e. The third kappa shape index (κ3) is 4.06. The zero-order chi connectivity index (χ0) is 21.0. The van der Waals surface area contributed by atoms with Gasteiger partial charge in [-0.2, -0.15) is 5.10 Å². The lowest BCUT2D eigenvalue weighted by Gasteiger charge is -2.13. The maximum Gasteiger partial charge on any atom is 0.335 e. The smallest absolute Gasteiger partial charge is 0.335 e. The molecule has 0 radical (unpaired) electrons. The number of H-pyrrole nitrogens is 1. The quantitative estimate of drug-likeness (QED) is 0.440. The van der Waals surface area contributed by atoms with Gasteiger partial charge < -0.3 is 9.84 Å². The number of aryl methyl sites for hydroxylation is 1. The molecule has 2 aromatic carbocycles. The number of hydrogen-bond donors (Lipinski definition) is 3. The van der Waals surface area contributed by atoms with Crippen LogP contribution in [0.5, 0.6) is 11.6 Å². The van der Waals surface area contributed by atoms with Crippen molar-refractivity contribution in [2.24, 2.45) is 5.10 Å². The summed E-state index contributed by atoms with van der Waals surface area (Å²) in [5.74, 6) is 0.125. The van der Waals surface area contributed by atoms with Crippen LogP contribution in [0.3, 0.4) is 0 Å². The van der Waals surface area contributed by atoms with Crippen LogP contribution in [0.25, 0.3) is 5.69 Å². The van der Waals surface area contributed by atoms with E-state index >= 15 is 0 Å². The van der Waals surface area contributed by atoms with Crippen LogP contribution < -0.4 is 21.4 Å². The van der Waals surface area contributed by atoms with Gasteiger partial charge >= 0.3 is 5.69 Å². The van der Waals surface area contributed by atoms with Crippen molar-refractivity contribution in [2.45, 2.75) is 20.3 Å². The monoisotopic (exact) mass is 394 g/mol. The molecule has 1 aromatic heterocycles. The van der Waals surface area contributed by atoms with E-state index in [4.69, 9.17) is 4.74 Å². The van der Waals surface area contributed by atoms with Crippen LogP contribution in [0.1, 0.15) is 24.5 Å². The van der Waals surface area contributed by atoms with Gasteiger partial charge in [0.1, 0.15) is 11.3 Å². The first-order valence-corrected chi connectivity index (χ1v) is 9.07. The van der Waals surface area contributed by atoms with Crippen LogP contribution in [0.2, 0.25) is 0 Å². The minimum Gasteiger partial charge on any atom is -0.497 e. The topological polar surface area (TPSA) is 109 Å². The molecule has 8 heteroatoms. The van der Waals surface area contributed by atoms with E-state index in [0.717, 1.165) is 15.8 Å². The number of benzene rings is 2. The predicted molar refractivity (Wildman–Crippen MR) is 113 cm³/mol. The van der Waals surface area contributed by atoms with Crippen molar-refractivity contribution >= 4 is 11.4 Å². The third-order valence-corrected chi connectivity index (χ3v) is 4.50. The summed E-state index contributed by atoms with van der Waals surface area (Å²) in [5.41, 5.74) is 3.86. The fourth-order valence-corrected chi connectivity index (χ4v) is 2.89. The molecule has 0 unspecified atom stereocenters. The summed E-state index contributed by atoms with van der Waals surface area (Å²) in [4.78, 5) is 27.1. The van der Waals surface area contributed by atoms with E-state index < -0.39 is 17.1 Å². The minimum atomic E-state index is -0.747. The van der Waals surface area contributed by atoms with Crippen LogP contribution in [-0.2, 0) is 0 Å². The average Bonchev–Trinajstić information content (AvgIpc) is 2.71. The zero-order valence-electron chi connectivity index (χ0n) is 16.4. The van der Waals surface area contributed by atoms with E-state index in [1.807, 2.05) is 31.2 Å². The molecule has 0 amide bonds. The fraction of sp³-hybridized carbons (Fsp3) is 0.190. The highest BCUT2D eigenvalue weighted by Crippen LogP contribution is 2.21. The van der Waals surface area contributed by atoms with Gasteiger partial charge in [-0.15, -0.1) is 0 Å². The van der Waals surface area contributed by atoms with Gasteiger partial charge in [0.15, 0.2) is 0 Å². The Balaban J connectivity index is 2.10. The fourth-order valence-electron chi connectivity index (χ4n) is 2.89. The van der Waals surface area contributed by atoms with E-state index in [1.165, 1.54) is 7.11 Å². The Morgan fingerprint density at radius 3 is 2.48 bits per heavy atom. The molecule has 29 heavy (non-hydrogen) atoms. The number of para-hydroxylation sites is 1. The maximum absolute atomic E-state index is 12.5. The summed E-state index contributed by atoms with van der Waals surface area (Å²) in [6, 6.07) is 14.1. The molecule has 0 bridgehead atoms. The second kappa shape index (κ2) is 8.47. The lowest BCUT2D eigenvalue weighted by molar-refractivity contribution is 0.414. The van der Waals surface area contributed by atoms with Crippen molar-refractivity contribution in [1.29, 1.82) is 0 Å². The normalized spacial score (nSPS) is 11.3. The van der Waals surface area contributed by atoms with Crippen LogP contribution >= 0.6 is 0 Å². The van der Waals surface area contributed by atoms with Gasteiger partial charge in [0, 0.05) is 0 Å². The van der Waals surface area contributed by atoms with E-state index in [0.29, 0.717) is 23.6 Å². The third-order valence-electron chi connectivity index (χ3n) is 4.50. The molecule has 0 aliphatic heterocycles. The SMILES string of the molecule is CC/C(=N\Nc1ccccc1C)c1c(O)n(-c2ccc(OC)cc2)c(=O)[nH]c1=O. The highest BCUT2D eigenvalue weighted by atomic mass is 16.5. The van der Waals surface area contributed by atoms with Gasteiger partial charge in [0.2, 0.25) is 5.88 Å². The molecular weight excluding hydrogens is 372 g/mol. The Hall–Kier alpha value is -3.81. The van der Waals surface area contributed by atoms with E-state index in [9.17, 15) is 14.7 Å². The van der Waals surface area contributed by atoms with Crippen molar-refractivity contribution < 1.29 is 9.84 Å². The summed E-state index contributed by atoms with van der Waals surface area (Å²) >= 11 is 0. The molecule has 3 N–H and O–H groups in total. The van der Waals surface area contributed by atoms with Crippen molar-refractivity contribution in [3.05, 3.63) is 80.5 Å². The van der Waals surface area contributed by atoms with Crippen LogP contribution in [-0.4, -0.2) is 27.5 Å². The van der Waals surface area contributed by atoms with Gasteiger partial charge in [-0.3, -0.25) is 15.2 Å². The predicted octanol–water partition coefficient (Wildman–Crippen LogP) is 2.77. The van der Waals surface area contributed by atoms with Crippen LogP contribution in [0.4, 0.5) is 5.69 Å². The lowest BCUT2D eigenvalue weighted by Crippen LogP contribution is -2.33. The summed E-state index contributed by atoms with van der Waals surface area (Å²) in [7, 11) is 1.53. The van der Waals surface area contributed by atoms with Gasteiger partial charge in [-0.05, 0) is 49.2 Å².